The van der Waals surface area contributed by atoms with Crippen molar-refractivity contribution in [1.82, 2.24) is 9.55 Å². The van der Waals surface area contributed by atoms with Gasteiger partial charge >= 0.3 is 0 Å². The molecule has 0 unspecified atom stereocenters. The number of anilines is 1. The predicted octanol–water partition coefficient (Wildman–Crippen LogP) is 2.22. The number of benzene rings is 1. The van der Waals surface area contributed by atoms with E-state index in [1.165, 1.54) is 0 Å². The molecule has 0 spiro atoms. The van der Waals surface area contributed by atoms with Crippen LogP contribution in [0, 0.1) is 11.3 Å². The molecule has 5 heteroatoms. The number of imidazole rings is 1. The highest BCUT2D eigenvalue weighted by Gasteiger charge is 2.05. The van der Waals surface area contributed by atoms with Gasteiger partial charge in [0, 0.05) is 30.0 Å². The Labute approximate surface area is 104 Å². The predicted molar refractivity (Wildman–Crippen MR) is 67.5 cm³/mol. The molecule has 2 N–H and O–H groups in total. The average Bonchev–Trinajstić information content (AvgIpc) is 2.70. The summed E-state index contributed by atoms with van der Waals surface area (Å²) in [6, 6.07) is 7.83. The molecule has 0 fully saturated rings. The van der Waals surface area contributed by atoms with Gasteiger partial charge in [-0.1, -0.05) is 11.8 Å². The Hall–Kier alpha value is -1.93. The van der Waals surface area contributed by atoms with Gasteiger partial charge < -0.3 is 10.3 Å². The van der Waals surface area contributed by atoms with Crippen LogP contribution in [-0.4, -0.2) is 9.55 Å². The topological polar surface area (TPSA) is 67.6 Å². The van der Waals surface area contributed by atoms with Crippen LogP contribution in [0.4, 0.5) is 5.69 Å². The Kier molecular flexibility index (Phi) is 3.35. The van der Waals surface area contributed by atoms with Crippen LogP contribution in [0.5, 0.6) is 0 Å². The molecular weight excluding hydrogens is 232 g/mol. The number of nitrogens with zero attached hydrogens (tertiary/aromatic N) is 3. The van der Waals surface area contributed by atoms with Crippen LogP contribution in [0.3, 0.4) is 0 Å². The number of hydrogen-bond acceptors (Lipinski definition) is 4. The molecule has 0 aliphatic rings. The second-order valence-electron chi connectivity index (χ2n) is 3.62. The first kappa shape index (κ1) is 11.6. The molecule has 86 valence electrons. The first-order valence-corrected chi connectivity index (χ1v) is 5.93. The lowest BCUT2D eigenvalue weighted by Gasteiger charge is -2.05. The van der Waals surface area contributed by atoms with Crippen LogP contribution in [-0.2, 0) is 13.5 Å². The Bertz CT molecular complexity index is 568. The maximum Gasteiger partial charge on any atom is 0.172 e. The summed E-state index contributed by atoms with van der Waals surface area (Å²) in [5.41, 5.74) is 7.33. The van der Waals surface area contributed by atoms with Gasteiger partial charge in [0.05, 0.1) is 12.5 Å². The van der Waals surface area contributed by atoms with Crippen LogP contribution in [0.1, 0.15) is 5.56 Å². The van der Waals surface area contributed by atoms with E-state index in [9.17, 15) is 0 Å². The van der Waals surface area contributed by atoms with Gasteiger partial charge in [0.15, 0.2) is 5.16 Å². The molecule has 0 saturated heterocycles. The van der Waals surface area contributed by atoms with Gasteiger partial charge in [-0.3, -0.25) is 0 Å². The number of rotatable bonds is 3. The van der Waals surface area contributed by atoms with Crippen LogP contribution < -0.4 is 5.73 Å². The SMILES string of the molecule is Cn1ccnc1Sc1ccc(N)c(CC#N)c1. The van der Waals surface area contributed by atoms with E-state index in [0.717, 1.165) is 15.6 Å². The van der Waals surface area contributed by atoms with Crippen molar-refractivity contribution in [3.8, 4) is 6.07 Å². The fourth-order valence-electron chi connectivity index (χ4n) is 1.44. The molecule has 17 heavy (non-hydrogen) atoms. The maximum absolute atomic E-state index is 8.71. The van der Waals surface area contributed by atoms with Gasteiger partial charge in [-0.05, 0) is 23.8 Å². The monoisotopic (exact) mass is 244 g/mol. The first-order chi connectivity index (χ1) is 8.20. The Morgan fingerprint density at radius 2 is 2.35 bits per heavy atom. The Morgan fingerprint density at radius 1 is 1.53 bits per heavy atom. The van der Waals surface area contributed by atoms with Gasteiger partial charge in [0.2, 0.25) is 0 Å². The van der Waals surface area contributed by atoms with E-state index in [2.05, 4.69) is 11.1 Å². The summed E-state index contributed by atoms with van der Waals surface area (Å²) in [7, 11) is 1.95. The normalized spacial score (nSPS) is 10.1. The van der Waals surface area contributed by atoms with Crippen molar-refractivity contribution in [2.75, 3.05) is 5.73 Å². The Morgan fingerprint density at radius 3 is 3.00 bits per heavy atom. The molecule has 2 rings (SSSR count). The zero-order valence-electron chi connectivity index (χ0n) is 9.42. The maximum atomic E-state index is 8.71. The smallest absolute Gasteiger partial charge is 0.172 e. The number of nitrogen functional groups attached to an aromatic ring is 1. The molecule has 1 heterocycles. The molecule has 4 nitrogen and oxygen atoms in total. The lowest BCUT2D eigenvalue weighted by Crippen LogP contribution is -1.94. The molecule has 0 saturated carbocycles. The second kappa shape index (κ2) is 4.93. The van der Waals surface area contributed by atoms with Crippen molar-refractivity contribution in [2.24, 2.45) is 7.05 Å². The fraction of sp³-hybridized carbons (Fsp3) is 0.167. The summed E-state index contributed by atoms with van der Waals surface area (Å²) in [6.07, 6.45) is 3.99. The molecule has 1 aromatic heterocycles. The molecule has 0 radical (unpaired) electrons. The van der Waals surface area contributed by atoms with E-state index in [1.807, 2.05) is 36.0 Å². The number of hydrogen-bond donors (Lipinski definition) is 1. The highest BCUT2D eigenvalue weighted by molar-refractivity contribution is 7.99. The molecule has 0 atom stereocenters. The minimum absolute atomic E-state index is 0.334. The van der Waals surface area contributed by atoms with Crippen LogP contribution >= 0.6 is 11.8 Å². The van der Waals surface area contributed by atoms with Crippen molar-refractivity contribution in [1.29, 1.82) is 5.26 Å². The van der Waals surface area contributed by atoms with E-state index >= 15 is 0 Å². The third-order valence-corrected chi connectivity index (χ3v) is 3.44. The third-order valence-electron chi connectivity index (χ3n) is 2.37. The minimum Gasteiger partial charge on any atom is -0.398 e. The summed E-state index contributed by atoms with van der Waals surface area (Å²) < 4.78 is 1.95. The van der Waals surface area contributed by atoms with Crippen molar-refractivity contribution in [3.63, 3.8) is 0 Å². The van der Waals surface area contributed by atoms with Gasteiger partial charge in [-0.15, -0.1) is 0 Å². The third kappa shape index (κ3) is 2.60. The number of nitrogens with two attached hydrogens (primary N) is 1. The van der Waals surface area contributed by atoms with Crippen molar-refractivity contribution in [3.05, 3.63) is 36.2 Å². The van der Waals surface area contributed by atoms with Gasteiger partial charge in [0.1, 0.15) is 0 Å². The molecule has 0 aliphatic heterocycles. The highest BCUT2D eigenvalue weighted by atomic mass is 32.2. The van der Waals surface area contributed by atoms with Crippen LogP contribution in [0.2, 0.25) is 0 Å². The van der Waals surface area contributed by atoms with Gasteiger partial charge in [0.25, 0.3) is 0 Å². The van der Waals surface area contributed by atoms with E-state index in [-0.39, 0.29) is 0 Å². The average molecular weight is 244 g/mol. The lowest BCUT2D eigenvalue weighted by atomic mass is 10.1. The molecular formula is C12H12N4S. The summed E-state index contributed by atoms with van der Waals surface area (Å²) in [6.45, 7) is 0. The molecule has 0 bridgehead atoms. The lowest BCUT2D eigenvalue weighted by molar-refractivity contribution is 0.790. The summed E-state index contributed by atoms with van der Waals surface area (Å²) >= 11 is 1.56. The van der Waals surface area contributed by atoms with Crippen LogP contribution in [0.15, 0.2) is 40.6 Å². The fourth-order valence-corrected chi connectivity index (χ4v) is 2.31. The second-order valence-corrected chi connectivity index (χ2v) is 4.66. The zero-order chi connectivity index (χ0) is 12.3. The molecule has 1 aromatic carbocycles. The van der Waals surface area contributed by atoms with Crippen molar-refractivity contribution in [2.45, 2.75) is 16.5 Å². The van der Waals surface area contributed by atoms with Crippen LogP contribution in [0.25, 0.3) is 0 Å². The number of nitriles is 1. The Balaban J connectivity index is 2.26. The largest absolute Gasteiger partial charge is 0.398 e. The molecule has 0 amide bonds. The summed E-state index contributed by atoms with van der Waals surface area (Å²) in [5, 5.41) is 9.62. The van der Waals surface area contributed by atoms with Crippen molar-refractivity contribution < 1.29 is 0 Å². The van der Waals surface area contributed by atoms with Gasteiger partial charge in [-0.2, -0.15) is 5.26 Å². The summed E-state index contributed by atoms with van der Waals surface area (Å²) in [4.78, 5) is 5.28. The van der Waals surface area contributed by atoms with E-state index < -0.39 is 0 Å². The molecule has 2 aromatic rings. The standard InChI is InChI=1S/C12H12N4S/c1-16-7-6-15-12(16)17-10-2-3-11(14)9(8-10)4-5-13/h2-3,6-8H,4,14H2,1H3. The van der Waals surface area contributed by atoms with E-state index in [0.29, 0.717) is 12.1 Å². The number of aryl methyl sites for hydroxylation is 1. The first-order valence-electron chi connectivity index (χ1n) is 5.11. The zero-order valence-corrected chi connectivity index (χ0v) is 10.2. The number of aromatic nitrogens is 2. The van der Waals surface area contributed by atoms with E-state index in [4.69, 9.17) is 11.0 Å². The van der Waals surface area contributed by atoms with Crippen molar-refractivity contribution >= 4 is 17.4 Å². The van der Waals surface area contributed by atoms with Gasteiger partial charge in [-0.25, -0.2) is 4.98 Å². The highest BCUT2D eigenvalue weighted by Crippen LogP contribution is 2.28. The van der Waals surface area contributed by atoms with E-state index in [1.54, 1.807) is 18.0 Å². The molecule has 0 aliphatic carbocycles. The quantitative estimate of drug-likeness (QED) is 0.841. The minimum atomic E-state index is 0.334. The summed E-state index contributed by atoms with van der Waals surface area (Å²) in [5.74, 6) is 0.